The molecule has 0 fully saturated rings. The number of hydrogen-bond acceptors (Lipinski definition) is 3. The maximum atomic E-state index is 11.7. The fourth-order valence-corrected chi connectivity index (χ4v) is 2.88. The zero-order chi connectivity index (χ0) is 12.4. The Balaban J connectivity index is 2.22. The summed E-state index contributed by atoms with van der Waals surface area (Å²) in [6.45, 7) is 4.40. The average Bonchev–Trinajstić information content (AvgIpc) is 2.63. The van der Waals surface area contributed by atoms with E-state index in [4.69, 9.17) is 0 Å². The van der Waals surface area contributed by atoms with Gasteiger partial charge < -0.3 is 10.6 Å². The van der Waals surface area contributed by atoms with Crippen molar-refractivity contribution < 1.29 is 4.79 Å². The largest absolute Gasteiger partial charge is 0.324 e. The molecule has 2 N–H and O–H groups in total. The lowest BCUT2D eigenvalue weighted by molar-refractivity contribution is -0.117. The van der Waals surface area contributed by atoms with Crippen molar-refractivity contribution in [3.63, 3.8) is 0 Å². The van der Waals surface area contributed by atoms with Crippen LogP contribution in [0.3, 0.4) is 0 Å². The summed E-state index contributed by atoms with van der Waals surface area (Å²) in [4.78, 5) is 12.9. The van der Waals surface area contributed by atoms with Crippen LogP contribution in [0.5, 0.6) is 0 Å². The molecule has 1 aliphatic rings. The van der Waals surface area contributed by atoms with E-state index in [-0.39, 0.29) is 11.9 Å². The van der Waals surface area contributed by atoms with Crippen LogP contribution in [0.1, 0.15) is 31.9 Å². The highest BCUT2D eigenvalue weighted by Gasteiger charge is 2.29. The van der Waals surface area contributed by atoms with E-state index in [0.717, 1.165) is 17.7 Å². The van der Waals surface area contributed by atoms with Crippen LogP contribution in [0.15, 0.2) is 23.1 Å². The fraction of sp³-hybridized carbons (Fsp3) is 0.462. The monoisotopic (exact) mass is 250 g/mol. The minimum absolute atomic E-state index is 0.0354. The van der Waals surface area contributed by atoms with Gasteiger partial charge in [0, 0.05) is 21.4 Å². The van der Waals surface area contributed by atoms with Crippen LogP contribution in [-0.4, -0.2) is 18.2 Å². The molecule has 1 heterocycles. The molecule has 2 unspecified atom stereocenters. The molecule has 3 nitrogen and oxygen atoms in total. The smallest absolute Gasteiger partial charge is 0.246 e. The first-order valence-corrected chi connectivity index (χ1v) is 6.82. The highest BCUT2D eigenvalue weighted by molar-refractivity contribution is 7.99. The van der Waals surface area contributed by atoms with Crippen LogP contribution in [-0.2, 0) is 4.79 Å². The molecule has 1 aliphatic heterocycles. The molecular weight excluding hydrogens is 232 g/mol. The predicted molar refractivity (Wildman–Crippen MR) is 72.5 cm³/mol. The van der Waals surface area contributed by atoms with Crippen molar-refractivity contribution in [2.45, 2.75) is 36.5 Å². The number of thioether (sulfide) groups is 1. The molecule has 2 atom stereocenters. The highest BCUT2D eigenvalue weighted by atomic mass is 32.2. The molecule has 1 aromatic rings. The lowest BCUT2D eigenvalue weighted by Gasteiger charge is -2.10. The van der Waals surface area contributed by atoms with Crippen molar-refractivity contribution in [1.29, 1.82) is 0 Å². The maximum absolute atomic E-state index is 11.7. The van der Waals surface area contributed by atoms with Crippen LogP contribution in [0.25, 0.3) is 0 Å². The second-order valence-electron chi connectivity index (χ2n) is 4.30. The first kappa shape index (κ1) is 12.5. The first-order valence-electron chi connectivity index (χ1n) is 5.94. The summed E-state index contributed by atoms with van der Waals surface area (Å²) in [6.07, 6.45) is 1.15. The van der Waals surface area contributed by atoms with Gasteiger partial charge >= 0.3 is 0 Å². The van der Waals surface area contributed by atoms with Gasteiger partial charge in [-0.2, -0.15) is 0 Å². The summed E-state index contributed by atoms with van der Waals surface area (Å²) in [5, 5.41) is 6.54. The topological polar surface area (TPSA) is 41.1 Å². The maximum Gasteiger partial charge on any atom is 0.246 e. The molecule has 4 heteroatoms. The summed E-state index contributed by atoms with van der Waals surface area (Å²) in [6, 6.07) is 6.01. The van der Waals surface area contributed by atoms with E-state index < -0.39 is 0 Å². The first-order chi connectivity index (χ1) is 8.15. The fourth-order valence-electron chi connectivity index (χ4n) is 1.92. The zero-order valence-electron chi connectivity index (χ0n) is 10.4. The van der Waals surface area contributed by atoms with E-state index in [9.17, 15) is 4.79 Å². The van der Waals surface area contributed by atoms with Crippen LogP contribution in [0.2, 0.25) is 0 Å². The summed E-state index contributed by atoms with van der Waals surface area (Å²) in [5.41, 5.74) is 1.99. The van der Waals surface area contributed by atoms with Gasteiger partial charge in [-0.25, -0.2) is 0 Å². The van der Waals surface area contributed by atoms with Crippen molar-refractivity contribution >= 4 is 23.4 Å². The average molecular weight is 250 g/mol. The van der Waals surface area contributed by atoms with Gasteiger partial charge in [-0.1, -0.05) is 19.9 Å². The van der Waals surface area contributed by atoms with Crippen molar-refractivity contribution in [1.82, 2.24) is 5.32 Å². The molecule has 0 spiro atoms. The molecular formula is C13H18N2OS. The standard InChI is InChI=1S/C13H18N2OS/c1-4-8(2)17-9-5-6-10-11(7-9)15-13(16)12(10)14-3/h5-8,12,14H,4H2,1-3H3,(H,15,16). The van der Waals surface area contributed by atoms with Crippen molar-refractivity contribution in [2.24, 2.45) is 0 Å². The van der Waals surface area contributed by atoms with E-state index in [0.29, 0.717) is 5.25 Å². The van der Waals surface area contributed by atoms with Crippen molar-refractivity contribution in [2.75, 3.05) is 12.4 Å². The number of amides is 1. The predicted octanol–water partition coefficient (Wildman–Crippen LogP) is 2.79. The third-order valence-electron chi connectivity index (χ3n) is 3.06. The van der Waals surface area contributed by atoms with Gasteiger partial charge in [0.15, 0.2) is 0 Å². The minimum atomic E-state index is -0.201. The molecule has 1 aromatic carbocycles. The summed E-state index contributed by atoms with van der Waals surface area (Å²) in [5.74, 6) is 0.0354. The number of nitrogens with one attached hydrogen (secondary N) is 2. The van der Waals surface area contributed by atoms with Crippen molar-refractivity contribution in [3.8, 4) is 0 Å². The second kappa shape index (κ2) is 5.10. The van der Waals surface area contributed by atoms with Crippen LogP contribution < -0.4 is 10.6 Å². The molecule has 92 valence electrons. The number of likely N-dealkylation sites (N-methyl/N-ethyl adjacent to an activating group) is 1. The third kappa shape index (κ3) is 2.48. The number of anilines is 1. The van der Waals surface area contributed by atoms with Gasteiger partial charge in [-0.05, 0) is 25.6 Å². The molecule has 0 aliphatic carbocycles. The number of fused-ring (bicyclic) bond motifs is 1. The Kier molecular flexibility index (Phi) is 3.74. The molecule has 17 heavy (non-hydrogen) atoms. The van der Waals surface area contributed by atoms with Gasteiger partial charge in [0.1, 0.15) is 6.04 Å². The van der Waals surface area contributed by atoms with Gasteiger partial charge in [0.25, 0.3) is 0 Å². The Morgan fingerprint density at radius 3 is 2.94 bits per heavy atom. The quantitative estimate of drug-likeness (QED) is 0.807. The highest BCUT2D eigenvalue weighted by Crippen LogP contribution is 2.35. The van der Waals surface area contributed by atoms with E-state index in [1.807, 2.05) is 17.8 Å². The third-order valence-corrected chi connectivity index (χ3v) is 4.32. The SMILES string of the molecule is CCC(C)Sc1ccc2c(c1)NC(=O)C2NC. The molecule has 0 aromatic heterocycles. The summed E-state index contributed by atoms with van der Waals surface area (Å²) < 4.78 is 0. The molecule has 0 saturated heterocycles. The Bertz CT molecular complexity index is 433. The Hall–Kier alpha value is -1.00. The molecule has 0 saturated carbocycles. The Labute approximate surface area is 106 Å². The van der Waals surface area contributed by atoms with Gasteiger partial charge in [0.2, 0.25) is 5.91 Å². The minimum Gasteiger partial charge on any atom is -0.324 e. The van der Waals surface area contributed by atoms with E-state index in [2.05, 4.69) is 36.6 Å². The molecule has 1 amide bonds. The van der Waals surface area contributed by atoms with Gasteiger partial charge in [0.05, 0.1) is 0 Å². The van der Waals surface area contributed by atoms with Crippen LogP contribution in [0.4, 0.5) is 5.69 Å². The number of carbonyl (C=O) groups is 1. The van der Waals surface area contributed by atoms with Crippen molar-refractivity contribution in [3.05, 3.63) is 23.8 Å². The molecule has 0 bridgehead atoms. The van der Waals surface area contributed by atoms with E-state index >= 15 is 0 Å². The van der Waals surface area contributed by atoms with Gasteiger partial charge in [-0.15, -0.1) is 11.8 Å². The van der Waals surface area contributed by atoms with Gasteiger partial charge in [-0.3, -0.25) is 4.79 Å². The second-order valence-corrected chi connectivity index (χ2v) is 5.81. The number of benzene rings is 1. The normalized spacial score (nSPS) is 19.9. The van der Waals surface area contributed by atoms with Crippen LogP contribution >= 0.6 is 11.8 Å². The number of hydrogen-bond donors (Lipinski definition) is 2. The lowest BCUT2D eigenvalue weighted by Crippen LogP contribution is -2.23. The molecule has 0 radical (unpaired) electrons. The zero-order valence-corrected chi connectivity index (χ0v) is 11.2. The number of carbonyl (C=O) groups excluding carboxylic acids is 1. The molecule has 2 rings (SSSR count). The summed E-state index contributed by atoms with van der Waals surface area (Å²) in [7, 11) is 1.81. The van der Waals surface area contributed by atoms with E-state index in [1.165, 1.54) is 4.90 Å². The Morgan fingerprint density at radius 2 is 2.29 bits per heavy atom. The lowest BCUT2D eigenvalue weighted by atomic mass is 10.1. The summed E-state index contributed by atoms with van der Waals surface area (Å²) >= 11 is 1.85. The Morgan fingerprint density at radius 1 is 1.53 bits per heavy atom. The van der Waals surface area contributed by atoms with E-state index in [1.54, 1.807) is 7.05 Å². The van der Waals surface area contributed by atoms with Crippen LogP contribution in [0, 0.1) is 0 Å². The number of rotatable bonds is 4.